The molecule has 1 saturated heterocycles. The van der Waals surface area contributed by atoms with Gasteiger partial charge >= 0.3 is 0 Å². The van der Waals surface area contributed by atoms with Crippen LogP contribution in [0.5, 0.6) is 0 Å². The lowest BCUT2D eigenvalue weighted by Gasteiger charge is -2.37. The number of carbonyl (C=O) groups excluding carboxylic acids is 1. The Labute approximate surface area is 231 Å². The summed E-state index contributed by atoms with van der Waals surface area (Å²) in [4.78, 5) is 16.5. The van der Waals surface area contributed by atoms with E-state index in [9.17, 15) is 10.1 Å². The van der Waals surface area contributed by atoms with Crippen LogP contribution in [0.4, 0.5) is 5.69 Å². The Morgan fingerprint density at radius 3 is 2.90 bits per heavy atom. The fourth-order valence-electron chi connectivity index (χ4n) is 5.08. The summed E-state index contributed by atoms with van der Waals surface area (Å²) in [6.45, 7) is 7.05. The van der Waals surface area contributed by atoms with E-state index < -0.39 is 0 Å². The third-order valence-electron chi connectivity index (χ3n) is 6.75. The Morgan fingerprint density at radius 2 is 2.15 bits per heavy atom. The molecule has 4 aromatic rings. The maximum atomic E-state index is 11.8. The lowest BCUT2D eigenvalue weighted by atomic mass is 9.87. The number of ether oxygens (including phenoxy) is 1. The van der Waals surface area contributed by atoms with Gasteiger partial charge in [-0.2, -0.15) is 10.4 Å². The molecule has 0 aliphatic carbocycles. The van der Waals surface area contributed by atoms with Crippen molar-refractivity contribution in [1.82, 2.24) is 30.1 Å². The van der Waals surface area contributed by atoms with Gasteiger partial charge in [-0.15, -0.1) is 10.2 Å². The molecule has 1 fully saturated rings. The number of hydrogen-bond donors (Lipinski definition) is 2. The van der Waals surface area contributed by atoms with Crippen molar-refractivity contribution in [3.05, 3.63) is 47.2 Å². The molecule has 4 aromatic heterocycles. The average Bonchev–Trinajstić information content (AvgIpc) is 3.55. The van der Waals surface area contributed by atoms with E-state index in [1.165, 1.54) is 0 Å². The van der Waals surface area contributed by atoms with Crippen LogP contribution in [0.3, 0.4) is 0 Å². The second-order valence-electron chi connectivity index (χ2n) is 10.3. The van der Waals surface area contributed by atoms with E-state index in [0.29, 0.717) is 12.2 Å². The molecule has 5 heterocycles. The van der Waals surface area contributed by atoms with E-state index in [1.54, 1.807) is 35.0 Å². The third kappa shape index (κ3) is 6.08. The molecule has 0 bridgehead atoms. The maximum absolute atomic E-state index is 11.8. The van der Waals surface area contributed by atoms with Crippen LogP contribution in [0.15, 0.2) is 36.7 Å². The van der Waals surface area contributed by atoms with Crippen LogP contribution < -0.4 is 10.6 Å². The highest BCUT2D eigenvalue weighted by atomic mass is 32.1. The number of nitrogens with zero attached hydrogens (tertiary/aromatic N) is 6. The summed E-state index contributed by atoms with van der Waals surface area (Å²) in [6.07, 6.45) is 7.78. The number of hydrogen-bond acceptors (Lipinski definition) is 9. The fourth-order valence-corrected chi connectivity index (χ4v) is 5.98. The van der Waals surface area contributed by atoms with Crippen LogP contribution in [0.1, 0.15) is 57.0 Å². The summed E-state index contributed by atoms with van der Waals surface area (Å²) >= 11 is 1.57. The number of pyridine rings is 1. The number of rotatable bonds is 9. The van der Waals surface area contributed by atoms with Gasteiger partial charge in [0.1, 0.15) is 11.1 Å². The number of anilines is 1. The van der Waals surface area contributed by atoms with Gasteiger partial charge in [-0.1, -0.05) is 11.3 Å². The standard InChI is InChI=1S/C28H32N8O2S/c1-18(2)32-23-13-24(25-8-7-21-12-20(14-29)15-31-36(21)25)30-16-22(23)27-35-34-26(39-27)6-4-9-28(33-19(3)37)10-5-11-38-17-28/h7-8,12-13,15-16,18H,4-6,9-11,17H2,1-3H3,(H,30,32)(H,33,37). The predicted octanol–water partition coefficient (Wildman–Crippen LogP) is 4.61. The lowest BCUT2D eigenvalue weighted by molar-refractivity contribution is -0.123. The van der Waals surface area contributed by atoms with E-state index in [1.807, 2.05) is 24.4 Å². The van der Waals surface area contributed by atoms with E-state index in [4.69, 9.17) is 9.72 Å². The molecule has 1 amide bonds. The molecule has 0 aromatic carbocycles. The Kier molecular flexibility index (Phi) is 7.86. The highest BCUT2D eigenvalue weighted by Crippen LogP contribution is 2.34. The lowest BCUT2D eigenvalue weighted by Crippen LogP contribution is -2.53. The van der Waals surface area contributed by atoms with Crippen molar-refractivity contribution in [2.24, 2.45) is 0 Å². The molecule has 0 spiro atoms. The van der Waals surface area contributed by atoms with Gasteiger partial charge < -0.3 is 15.4 Å². The largest absolute Gasteiger partial charge is 0.382 e. The van der Waals surface area contributed by atoms with Crippen molar-refractivity contribution in [2.75, 3.05) is 18.5 Å². The zero-order chi connectivity index (χ0) is 27.4. The Balaban J connectivity index is 1.35. The van der Waals surface area contributed by atoms with Crippen LogP contribution in [-0.2, 0) is 16.0 Å². The summed E-state index contributed by atoms with van der Waals surface area (Å²) in [7, 11) is 0. The quantitative estimate of drug-likeness (QED) is 0.312. The molecular formula is C28H32N8O2S. The van der Waals surface area contributed by atoms with Crippen molar-refractivity contribution in [1.29, 1.82) is 5.26 Å². The zero-order valence-corrected chi connectivity index (χ0v) is 23.2. The van der Waals surface area contributed by atoms with Crippen molar-refractivity contribution in [3.8, 4) is 28.0 Å². The minimum atomic E-state index is -0.292. The second-order valence-corrected chi connectivity index (χ2v) is 11.4. The molecule has 1 aliphatic heterocycles. The van der Waals surface area contributed by atoms with Crippen molar-refractivity contribution >= 4 is 28.4 Å². The van der Waals surface area contributed by atoms with E-state index in [0.717, 1.165) is 76.9 Å². The minimum Gasteiger partial charge on any atom is -0.382 e. The molecule has 1 unspecified atom stereocenters. The van der Waals surface area contributed by atoms with E-state index in [2.05, 4.69) is 45.8 Å². The first-order valence-electron chi connectivity index (χ1n) is 13.2. The molecule has 0 saturated carbocycles. The molecule has 1 aliphatic rings. The van der Waals surface area contributed by atoms with Gasteiger partial charge in [0.25, 0.3) is 0 Å². The molecule has 5 rings (SSSR count). The number of carbonyl (C=O) groups is 1. The molecule has 1 atom stereocenters. The van der Waals surface area contributed by atoms with Crippen molar-refractivity contribution < 1.29 is 9.53 Å². The van der Waals surface area contributed by atoms with Gasteiger partial charge in [0.15, 0.2) is 5.01 Å². The van der Waals surface area contributed by atoms with Gasteiger partial charge in [0.2, 0.25) is 5.91 Å². The van der Waals surface area contributed by atoms with Crippen LogP contribution >= 0.6 is 11.3 Å². The first kappa shape index (κ1) is 26.7. The number of amides is 1. The van der Waals surface area contributed by atoms with Gasteiger partial charge in [0.05, 0.1) is 46.4 Å². The topological polar surface area (TPSA) is 130 Å². The Morgan fingerprint density at radius 1 is 1.28 bits per heavy atom. The van der Waals surface area contributed by atoms with Crippen molar-refractivity contribution in [2.45, 2.75) is 64.5 Å². The van der Waals surface area contributed by atoms with Crippen LogP contribution in [0.25, 0.3) is 27.5 Å². The Hall–Kier alpha value is -3.88. The molecular weight excluding hydrogens is 512 g/mol. The predicted molar refractivity (Wildman–Crippen MR) is 150 cm³/mol. The maximum Gasteiger partial charge on any atom is 0.217 e. The summed E-state index contributed by atoms with van der Waals surface area (Å²) in [6, 6.07) is 10.0. The summed E-state index contributed by atoms with van der Waals surface area (Å²) in [5.41, 5.74) is 4.48. The highest BCUT2D eigenvalue weighted by molar-refractivity contribution is 7.14. The monoisotopic (exact) mass is 544 g/mol. The molecule has 10 nitrogen and oxygen atoms in total. The van der Waals surface area contributed by atoms with Crippen LogP contribution in [-0.4, -0.2) is 55.5 Å². The number of aromatic nitrogens is 5. The van der Waals surface area contributed by atoms with Crippen LogP contribution in [0.2, 0.25) is 0 Å². The second kappa shape index (κ2) is 11.5. The molecule has 2 N–H and O–H groups in total. The SMILES string of the molecule is CC(=O)NC1(CCCc2nnc(-c3cnc(-c4ccc5cc(C#N)cnn45)cc3NC(C)C)s2)CCCOC1. The van der Waals surface area contributed by atoms with Crippen LogP contribution in [0, 0.1) is 11.3 Å². The third-order valence-corrected chi connectivity index (χ3v) is 7.76. The first-order valence-corrected chi connectivity index (χ1v) is 14.0. The van der Waals surface area contributed by atoms with Gasteiger partial charge in [-0.3, -0.25) is 9.78 Å². The summed E-state index contributed by atoms with van der Waals surface area (Å²) in [5, 5.41) is 31.0. The number of fused-ring (bicyclic) bond motifs is 1. The van der Waals surface area contributed by atoms with Crippen molar-refractivity contribution in [3.63, 3.8) is 0 Å². The average molecular weight is 545 g/mol. The summed E-state index contributed by atoms with van der Waals surface area (Å²) in [5.74, 6) is -0.0179. The molecule has 0 radical (unpaired) electrons. The summed E-state index contributed by atoms with van der Waals surface area (Å²) < 4.78 is 7.48. The zero-order valence-electron chi connectivity index (χ0n) is 22.4. The highest BCUT2D eigenvalue weighted by Gasteiger charge is 2.33. The number of nitriles is 1. The molecule has 202 valence electrons. The van der Waals surface area contributed by atoms with E-state index >= 15 is 0 Å². The van der Waals surface area contributed by atoms with E-state index in [-0.39, 0.29) is 17.5 Å². The number of nitrogens with one attached hydrogen (secondary N) is 2. The fraction of sp³-hybridized carbons (Fsp3) is 0.429. The van der Waals surface area contributed by atoms with Gasteiger partial charge in [-0.25, -0.2) is 4.52 Å². The smallest absolute Gasteiger partial charge is 0.217 e. The molecule has 11 heteroatoms. The molecule has 39 heavy (non-hydrogen) atoms. The number of aryl methyl sites for hydroxylation is 1. The normalized spacial score (nSPS) is 17.3. The minimum absolute atomic E-state index is 0.0179. The van der Waals surface area contributed by atoms with Gasteiger partial charge in [0, 0.05) is 37.9 Å². The van der Waals surface area contributed by atoms with Gasteiger partial charge in [-0.05, 0) is 63.8 Å². The first-order chi connectivity index (χ1) is 18.9. The Bertz CT molecular complexity index is 1510.